The lowest BCUT2D eigenvalue weighted by atomic mass is 10.2. The lowest BCUT2D eigenvalue weighted by molar-refractivity contribution is 0.0695. The summed E-state index contributed by atoms with van der Waals surface area (Å²) in [5, 5.41) is 9.61. The van der Waals surface area contributed by atoms with Crippen molar-refractivity contribution in [1.82, 2.24) is 0 Å². The molecule has 0 saturated carbocycles. The zero-order valence-corrected chi connectivity index (χ0v) is 11.5. The molecule has 0 amide bonds. The first kappa shape index (κ1) is 13.8. The third-order valence-electron chi connectivity index (χ3n) is 2.49. The molecule has 0 radical (unpaired) electrons. The zero-order chi connectivity index (χ0) is 14.0. The van der Waals surface area contributed by atoms with E-state index >= 15 is 0 Å². The lowest BCUT2D eigenvalue weighted by Crippen LogP contribution is -1.96. The molecule has 0 unspecified atom stereocenters. The fourth-order valence-corrected chi connectivity index (χ4v) is 1.92. The van der Waals surface area contributed by atoms with Gasteiger partial charge in [0.2, 0.25) is 0 Å². The van der Waals surface area contributed by atoms with E-state index in [1.807, 2.05) is 0 Å². The van der Waals surface area contributed by atoms with Crippen LogP contribution in [0, 0.1) is 6.92 Å². The topological polar surface area (TPSA) is 59.7 Å². The zero-order valence-electron chi connectivity index (χ0n) is 9.94. The highest BCUT2D eigenvalue weighted by atomic mass is 35.5. The summed E-state index contributed by atoms with van der Waals surface area (Å²) < 4.78 is 10.7. The smallest absolute Gasteiger partial charge is 0.339 e. The van der Waals surface area contributed by atoms with Gasteiger partial charge < -0.3 is 14.3 Å². The van der Waals surface area contributed by atoms with Crippen molar-refractivity contribution in [3.05, 3.63) is 51.4 Å². The number of rotatable bonds is 4. The summed E-state index contributed by atoms with van der Waals surface area (Å²) in [5.74, 6) is 0.127. The molecule has 0 aliphatic carbocycles. The van der Waals surface area contributed by atoms with Gasteiger partial charge in [-0.25, -0.2) is 4.79 Å². The number of carboxylic acid groups (broad SMARTS) is 1. The molecule has 0 saturated heterocycles. The molecule has 4 nitrogen and oxygen atoms in total. The van der Waals surface area contributed by atoms with E-state index in [0.29, 0.717) is 27.3 Å². The number of hydrogen-bond acceptors (Lipinski definition) is 3. The fraction of sp³-hybridized carbons (Fsp3) is 0.154. The molecule has 1 aromatic heterocycles. The van der Waals surface area contributed by atoms with E-state index in [4.69, 9.17) is 37.5 Å². The number of carbonyl (C=O) groups is 1. The Bertz CT molecular complexity index is 619. The van der Waals surface area contributed by atoms with Crippen LogP contribution in [0.25, 0.3) is 0 Å². The first-order valence-corrected chi connectivity index (χ1v) is 6.14. The second-order valence-corrected chi connectivity index (χ2v) is 4.61. The van der Waals surface area contributed by atoms with Gasteiger partial charge in [0.25, 0.3) is 0 Å². The van der Waals surface area contributed by atoms with Gasteiger partial charge in [-0.15, -0.1) is 0 Å². The van der Waals surface area contributed by atoms with Crippen LogP contribution in [0.5, 0.6) is 5.75 Å². The number of aromatic carboxylic acids is 1. The van der Waals surface area contributed by atoms with Crippen LogP contribution in [-0.4, -0.2) is 11.1 Å². The van der Waals surface area contributed by atoms with Gasteiger partial charge in [0.1, 0.15) is 34.5 Å². The molecule has 1 N–H and O–H groups in total. The van der Waals surface area contributed by atoms with Gasteiger partial charge in [0.15, 0.2) is 0 Å². The Hall–Kier alpha value is -1.65. The maximum Gasteiger partial charge on any atom is 0.339 e. The van der Waals surface area contributed by atoms with Gasteiger partial charge in [-0.05, 0) is 25.1 Å². The number of ether oxygens (including phenoxy) is 1. The summed E-state index contributed by atoms with van der Waals surface area (Å²) >= 11 is 11.8. The van der Waals surface area contributed by atoms with Gasteiger partial charge in [-0.3, -0.25) is 0 Å². The molecule has 0 aliphatic heterocycles. The third kappa shape index (κ3) is 3.03. The van der Waals surface area contributed by atoms with Crippen molar-refractivity contribution in [2.45, 2.75) is 13.5 Å². The molecule has 1 heterocycles. The second-order valence-electron chi connectivity index (χ2n) is 3.83. The van der Waals surface area contributed by atoms with Crippen LogP contribution in [0.4, 0.5) is 0 Å². The Morgan fingerprint density at radius 1 is 1.42 bits per heavy atom. The highest BCUT2D eigenvalue weighted by Gasteiger charge is 2.14. The number of furan rings is 1. The molecule has 0 spiro atoms. The Kier molecular flexibility index (Phi) is 4.02. The molecule has 0 bridgehead atoms. The van der Waals surface area contributed by atoms with Crippen LogP contribution in [0.2, 0.25) is 10.0 Å². The Balaban J connectivity index is 2.13. The van der Waals surface area contributed by atoms with Gasteiger partial charge in [0, 0.05) is 0 Å². The monoisotopic (exact) mass is 300 g/mol. The standard InChI is InChI=1S/C13H10Cl2O4/c1-7-9(13(16)17)5-8(19-7)6-18-11-4-2-3-10(14)12(11)15/h2-5H,6H2,1H3,(H,16,17). The largest absolute Gasteiger partial charge is 0.484 e. The molecule has 6 heteroatoms. The molecule has 19 heavy (non-hydrogen) atoms. The summed E-state index contributed by atoms with van der Waals surface area (Å²) in [6.07, 6.45) is 0. The third-order valence-corrected chi connectivity index (χ3v) is 3.29. The van der Waals surface area contributed by atoms with Gasteiger partial charge in [0.05, 0.1) is 5.02 Å². The number of carboxylic acids is 1. The van der Waals surface area contributed by atoms with Gasteiger partial charge in [-0.2, -0.15) is 0 Å². The molecular formula is C13H10Cl2O4. The molecular weight excluding hydrogens is 291 g/mol. The first-order valence-electron chi connectivity index (χ1n) is 5.38. The highest BCUT2D eigenvalue weighted by Crippen LogP contribution is 2.32. The minimum Gasteiger partial charge on any atom is -0.484 e. The lowest BCUT2D eigenvalue weighted by Gasteiger charge is -2.06. The number of benzene rings is 1. The molecule has 100 valence electrons. The molecule has 2 aromatic rings. The molecule has 0 atom stereocenters. The summed E-state index contributed by atoms with van der Waals surface area (Å²) in [6, 6.07) is 6.45. The summed E-state index contributed by atoms with van der Waals surface area (Å²) in [5.41, 5.74) is 0.121. The van der Waals surface area contributed by atoms with Crippen LogP contribution in [-0.2, 0) is 6.61 Å². The molecule has 0 fully saturated rings. The SMILES string of the molecule is Cc1oc(COc2cccc(Cl)c2Cl)cc1C(=O)O. The van der Waals surface area contributed by atoms with Crippen molar-refractivity contribution in [2.75, 3.05) is 0 Å². The van der Waals surface area contributed by atoms with Crippen molar-refractivity contribution in [2.24, 2.45) is 0 Å². The Labute approximate surface area is 119 Å². The summed E-state index contributed by atoms with van der Waals surface area (Å²) in [4.78, 5) is 10.9. The van der Waals surface area contributed by atoms with Crippen molar-refractivity contribution >= 4 is 29.2 Å². The summed E-state index contributed by atoms with van der Waals surface area (Å²) in [6.45, 7) is 1.66. The Morgan fingerprint density at radius 3 is 2.79 bits per heavy atom. The van der Waals surface area contributed by atoms with E-state index in [9.17, 15) is 4.79 Å². The average Bonchev–Trinajstić information content (AvgIpc) is 2.73. The fourth-order valence-electron chi connectivity index (χ4n) is 1.57. The molecule has 2 rings (SSSR count). The normalized spacial score (nSPS) is 10.5. The predicted molar refractivity (Wildman–Crippen MR) is 71.2 cm³/mol. The van der Waals surface area contributed by atoms with Crippen LogP contribution in [0.15, 0.2) is 28.7 Å². The van der Waals surface area contributed by atoms with Crippen molar-refractivity contribution < 1.29 is 19.1 Å². The van der Waals surface area contributed by atoms with Crippen LogP contribution < -0.4 is 4.74 Å². The maximum absolute atomic E-state index is 10.9. The van der Waals surface area contributed by atoms with E-state index in [2.05, 4.69) is 0 Å². The quantitative estimate of drug-likeness (QED) is 0.920. The van der Waals surface area contributed by atoms with Gasteiger partial charge in [-0.1, -0.05) is 29.3 Å². The minimum atomic E-state index is -1.03. The molecule has 0 aliphatic rings. The Morgan fingerprint density at radius 2 is 2.16 bits per heavy atom. The number of aryl methyl sites for hydroxylation is 1. The first-order chi connectivity index (χ1) is 8.99. The number of hydrogen-bond donors (Lipinski definition) is 1. The van der Waals surface area contributed by atoms with Crippen molar-refractivity contribution in [3.63, 3.8) is 0 Å². The van der Waals surface area contributed by atoms with E-state index in [1.165, 1.54) is 6.07 Å². The predicted octanol–water partition coefficient (Wildman–Crippen LogP) is 4.17. The van der Waals surface area contributed by atoms with Crippen LogP contribution in [0.1, 0.15) is 21.9 Å². The highest BCUT2D eigenvalue weighted by molar-refractivity contribution is 6.42. The van der Waals surface area contributed by atoms with Crippen LogP contribution >= 0.6 is 23.2 Å². The van der Waals surface area contributed by atoms with Gasteiger partial charge >= 0.3 is 5.97 Å². The van der Waals surface area contributed by atoms with E-state index in [1.54, 1.807) is 25.1 Å². The van der Waals surface area contributed by atoms with E-state index in [0.717, 1.165) is 0 Å². The van der Waals surface area contributed by atoms with E-state index in [-0.39, 0.29) is 12.2 Å². The van der Waals surface area contributed by atoms with Crippen molar-refractivity contribution in [1.29, 1.82) is 0 Å². The van der Waals surface area contributed by atoms with E-state index < -0.39 is 5.97 Å². The number of halogens is 2. The van der Waals surface area contributed by atoms with Crippen LogP contribution in [0.3, 0.4) is 0 Å². The molecule has 1 aromatic carbocycles. The second kappa shape index (κ2) is 5.55. The van der Waals surface area contributed by atoms with Crippen molar-refractivity contribution in [3.8, 4) is 5.75 Å². The summed E-state index contributed by atoms with van der Waals surface area (Å²) in [7, 11) is 0. The minimum absolute atomic E-state index is 0.0776. The average molecular weight is 301 g/mol. The maximum atomic E-state index is 10.9.